The van der Waals surface area contributed by atoms with Crippen LogP contribution >= 0.6 is 11.6 Å². The maximum Gasteiger partial charge on any atom is 0.337 e. The Morgan fingerprint density at radius 2 is 1.60 bits per heavy atom. The van der Waals surface area contributed by atoms with Crippen LogP contribution in [0.15, 0.2) is 71.8 Å². The number of para-hydroxylation sites is 1. The molecule has 0 atom stereocenters. The van der Waals surface area contributed by atoms with Crippen molar-refractivity contribution in [2.24, 2.45) is 0 Å². The molecule has 0 saturated carbocycles. The van der Waals surface area contributed by atoms with Crippen molar-refractivity contribution in [2.75, 3.05) is 5.32 Å². The fourth-order valence-electron chi connectivity index (χ4n) is 2.47. The van der Waals surface area contributed by atoms with E-state index in [2.05, 4.69) is 5.32 Å². The minimum Gasteiger partial charge on any atom is -0.478 e. The number of amides is 1. The van der Waals surface area contributed by atoms with Crippen LogP contribution in [0.25, 0.3) is 16.8 Å². The molecule has 3 aromatic carbocycles. The quantitative estimate of drug-likeness (QED) is 0.666. The molecular weight excluding hydrogens is 338 g/mol. The van der Waals surface area contributed by atoms with E-state index in [9.17, 15) is 9.59 Å². The number of hydrogen-bond acceptors (Lipinski definition) is 2. The molecule has 25 heavy (non-hydrogen) atoms. The third-order valence-corrected chi connectivity index (χ3v) is 3.97. The van der Waals surface area contributed by atoms with Gasteiger partial charge in [0.1, 0.15) is 5.03 Å². The molecule has 0 unspecified atom stereocenters. The Bertz CT molecular complexity index is 995. The molecule has 4 nitrogen and oxygen atoms in total. The predicted molar refractivity (Wildman–Crippen MR) is 99.8 cm³/mol. The van der Waals surface area contributed by atoms with Crippen molar-refractivity contribution in [1.29, 1.82) is 0 Å². The number of aromatic carboxylic acids is 1. The summed E-state index contributed by atoms with van der Waals surface area (Å²) in [5.74, 6) is -1.69. The van der Waals surface area contributed by atoms with Gasteiger partial charge in [-0.3, -0.25) is 4.79 Å². The second-order valence-electron chi connectivity index (χ2n) is 5.40. The van der Waals surface area contributed by atoms with E-state index in [-0.39, 0.29) is 16.3 Å². The summed E-state index contributed by atoms with van der Waals surface area (Å²) in [4.78, 5) is 23.4. The van der Waals surface area contributed by atoms with E-state index < -0.39 is 11.9 Å². The standard InChI is InChI=1S/C20H14ClNO3/c21-17(12-13-9-10-14-5-1-2-6-15(14)11-13)19(23)22-18-8-4-3-7-16(18)20(24)25/h1-12H,(H,22,23)(H,24,25)/b17-12-. The number of carbonyl (C=O) groups excluding carboxylic acids is 1. The van der Waals surface area contributed by atoms with Gasteiger partial charge in [-0.15, -0.1) is 0 Å². The van der Waals surface area contributed by atoms with Gasteiger partial charge in [0.2, 0.25) is 0 Å². The first-order valence-corrected chi connectivity index (χ1v) is 7.92. The largest absolute Gasteiger partial charge is 0.478 e. The number of fused-ring (bicyclic) bond motifs is 1. The molecule has 1 amide bonds. The van der Waals surface area contributed by atoms with E-state index >= 15 is 0 Å². The van der Waals surface area contributed by atoms with Gasteiger partial charge in [-0.2, -0.15) is 0 Å². The molecule has 0 bridgehead atoms. The number of carbonyl (C=O) groups is 2. The van der Waals surface area contributed by atoms with Crippen LogP contribution in [0.1, 0.15) is 15.9 Å². The molecule has 0 aliphatic carbocycles. The topological polar surface area (TPSA) is 66.4 Å². The maximum absolute atomic E-state index is 12.3. The zero-order valence-electron chi connectivity index (χ0n) is 13.1. The maximum atomic E-state index is 12.3. The average Bonchev–Trinajstić information content (AvgIpc) is 2.61. The van der Waals surface area contributed by atoms with E-state index in [4.69, 9.17) is 16.7 Å². The Kier molecular flexibility index (Phi) is 4.82. The SMILES string of the molecule is O=C(Nc1ccccc1C(=O)O)/C(Cl)=C/c1ccc2ccccc2c1. The summed E-state index contributed by atoms with van der Waals surface area (Å²) in [5, 5.41) is 13.8. The van der Waals surface area contributed by atoms with E-state index in [1.807, 2.05) is 42.5 Å². The molecule has 0 aliphatic heterocycles. The summed E-state index contributed by atoms with van der Waals surface area (Å²) in [6.45, 7) is 0. The van der Waals surface area contributed by atoms with Crippen LogP contribution in [-0.4, -0.2) is 17.0 Å². The number of halogens is 1. The molecule has 0 fully saturated rings. The Balaban J connectivity index is 1.84. The van der Waals surface area contributed by atoms with Crippen molar-refractivity contribution in [1.82, 2.24) is 0 Å². The third kappa shape index (κ3) is 3.87. The summed E-state index contributed by atoms with van der Waals surface area (Å²) < 4.78 is 0. The summed E-state index contributed by atoms with van der Waals surface area (Å²) in [7, 11) is 0. The molecule has 3 rings (SSSR count). The zero-order valence-corrected chi connectivity index (χ0v) is 13.8. The minimum absolute atomic E-state index is 0.00558. The van der Waals surface area contributed by atoms with E-state index in [0.717, 1.165) is 16.3 Å². The smallest absolute Gasteiger partial charge is 0.337 e. The first-order chi connectivity index (χ1) is 12.0. The van der Waals surface area contributed by atoms with Gasteiger partial charge in [-0.25, -0.2) is 4.79 Å². The summed E-state index contributed by atoms with van der Waals surface area (Å²) in [6, 6.07) is 19.8. The Morgan fingerprint density at radius 1 is 0.920 bits per heavy atom. The van der Waals surface area contributed by atoms with E-state index in [0.29, 0.717) is 0 Å². The van der Waals surface area contributed by atoms with Gasteiger partial charge in [0.15, 0.2) is 0 Å². The average molecular weight is 352 g/mol. The number of anilines is 1. The monoisotopic (exact) mass is 351 g/mol. The molecule has 0 saturated heterocycles. The highest BCUT2D eigenvalue weighted by Crippen LogP contribution is 2.20. The van der Waals surface area contributed by atoms with Crippen LogP contribution < -0.4 is 5.32 Å². The molecule has 3 aromatic rings. The number of nitrogens with one attached hydrogen (secondary N) is 1. The molecule has 0 aliphatic rings. The lowest BCUT2D eigenvalue weighted by molar-refractivity contribution is -0.112. The van der Waals surface area contributed by atoms with E-state index in [1.165, 1.54) is 12.1 Å². The third-order valence-electron chi connectivity index (χ3n) is 3.69. The highest BCUT2D eigenvalue weighted by atomic mass is 35.5. The molecule has 2 N–H and O–H groups in total. The van der Waals surface area contributed by atoms with Crippen LogP contribution in [0.3, 0.4) is 0 Å². The zero-order chi connectivity index (χ0) is 17.8. The lowest BCUT2D eigenvalue weighted by Gasteiger charge is -2.07. The fourth-order valence-corrected chi connectivity index (χ4v) is 2.64. The Hall–Kier alpha value is -3.11. The van der Waals surface area contributed by atoms with Crippen LogP contribution in [0, 0.1) is 0 Å². The van der Waals surface area contributed by atoms with Gasteiger partial charge in [0, 0.05) is 0 Å². The highest BCUT2D eigenvalue weighted by molar-refractivity contribution is 6.45. The summed E-state index contributed by atoms with van der Waals surface area (Å²) in [6.07, 6.45) is 1.55. The van der Waals surface area contributed by atoms with Crippen LogP contribution in [0.4, 0.5) is 5.69 Å². The van der Waals surface area contributed by atoms with E-state index in [1.54, 1.807) is 18.2 Å². The lowest BCUT2D eigenvalue weighted by Crippen LogP contribution is -2.14. The van der Waals surface area contributed by atoms with Crippen LogP contribution in [0.2, 0.25) is 0 Å². The number of carboxylic acid groups (broad SMARTS) is 1. The lowest BCUT2D eigenvalue weighted by atomic mass is 10.1. The fraction of sp³-hybridized carbons (Fsp3) is 0. The van der Waals surface area contributed by atoms with Gasteiger partial charge in [0.25, 0.3) is 5.91 Å². The molecular formula is C20H14ClNO3. The molecule has 0 aromatic heterocycles. The predicted octanol–water partition coefficient (Wildman–Crippen LogP) is 4.76. The molecule has 0 heterocycles. The Morgan fingerprint density at radius 3 is 2.36 bits per heavy atom. The molecule has 0 radical (unpaired) electrons. The minimum atomic E-state index is -1.12. The van der Waals surface area contributed by atoms with Crippen LogP contribution in [0.5, 0.6) is 0 Å². The number of rotatable bonds is 4. The summed E-state index contributed by atoms with van der Waals surface area (Å²) in [5.41, 5.74) is 0.987. The van der Waals surface area contributed by atoms with Crippen molar-refractivity contribution in [3.05, 3.63) is 82.9 Å². The van der Waals surface area contributed by atoms with Crippen molar-refractivity contribution in [2.45, 2.75) is 0 Å². The van der Waals surface area contributed by atoms with Crippen molar-refractivity contribution >= 4 is 46.0 Å². The summed E-state index contributed by atoms with van der Waals surface area (Å²) >= 11 is 6.10. The number of carboxylic acids is 1. The highest BCUT2D eigenvalue weighted by Gasteiger charge is 2.13. The first-order valence-electron chi connectivity index (χ1n) is 7.54. The second kappa shape index (κ2) is 7.20. The van der Waals surface area contributed by atoms with Crippen molar-refractivity contribution in [3.63, 3.8) is 0 Å². The van der Waals surface area contributed by atoms with Gasteiger partial charge in [-0.05, 0) is 40.6 Å². The van der Waals surface area contributed by atoms with Gasteiger partial charge < -0.3 is 10.4 Å². The molecule has 124 valence electrons. The molecule has 0 spiro atoms. The van der Waals surface area contributed by atoms with Crippen molar-refractivity contribution < 1.29 is 14.7 Å². The number of hydrogen-bond donors (Lipinski definition) is 2. The second-order valence-corrected chi connectivity index (χ2v) is 5.81. The van der Waals surface area contributed by atoms with Crippen LogP contribution in [-0.2, 0) is 4.79 Å². The first kappa shape index (κ1) is 16.7. The van der Waals surface area contributed by atoms with Gasteiger partial charge in [-0.1, -0.05) is 60.1 Å². The van der Waals surface area contributed by atoms with Gasteiger partial charge >= 0.3 is 5.97 Å². The van der Waals surface area contributed by atoms with Crippen molar-refractivity contribution in [3.8, 4) is 0 Å². The Labute approximate surface area is 149 Å². The normalized spacial score (nSPS) is 11.3. The molecule has 5 heteroatoms. The number of benzene rings is 3. The van der Waals surface area contributed by atoms with Gasteiger partial charge in [0.05, 0.1) is 11.3 Å².